The number of nitrogens with zero attached hydrogens (tertiary/aromatic N) is 1. The number of nitrogens with one attached hydrogen (secondary N) is 1. The van der Waals surface area contributed by atoms with Crippen molar-refractivity contribution in [3.05, 3.63) is 34.9 Å². The number of benzene rings is 1. The zero-order valence-corrected chi connectivity index (χ0v) is 18.8. The first-order chi connectivity index (χ1) is 14.1. The Balaban J connectivity index is 1.68. The Kier molecular flexibility index (Phi) is 6.80. The topological polar surface area (TPSA) is 89.9 Å². The molecule has 2 fully saturated rings. The van der Waals surface area contributed by atoms with Gasteiger partial charge in [0.15, 0.2) is 0 Å². The molecule has 1 aromatic carbocycles. The van der Waals surface area contributed by atoms with Gasteiger partial charge in [-0.05, 0) is 49.8 Å². The van der Waals surface area contributed by atoms with Crippen molar-refractivity contribution >= 4 is 23.4 Å². The number of rotatable bonds is 5. The zero-order chi connectivity index (χ0) is 22.1. The lowest BCUT2D eigenvalue weighted by atomic mass is 9.66. The molecule has 0 bridgehead atoms. The van der Waals surface area contributed by atoms with E-state index in [2.05, 4.69) is 5.32 Å². The van der Waals surface area contributed by atoms with Crippen molar-refractivity contribution in [1.29, 1.82) is 0 Å². The minimum absolute atomic E-state index is 0.115. The van der Waals surface area contributed by atoms with Crippen LogP contribution in [-0.4, -0.2) is 52.2 Å². The Labute approximate surface area is 183 Å². The molecule has 1 saturated carbocycles. The average molecular weight is 437 g/mol. The summed E-state index contributed by atoms with van der Waals surface area (Å²) in [6, 6.07) is 6.63. The first-order valence-corrected chi connectivity index (χ1v) is 11.2. The summed E-state index contributed by atoms with van der Waals surface area (Å²) in [5.74, 6) is -0.494. The SMILES string of the molecule is CC[C@@H](NC(=O)[C@H]1CC[C@@H](O)C1)C(=O)N1CC[C@](O)(c2ccc(Cl)cc2)C(C)(C)C1. The van der Waals surface area contributed by atoms with E-state index in [0.29, 0.717) is 50.2 Å². The molecule has 6 nitrogen and oxygen atoms in total. The lowest BCUT2D eigenvalue weighted by Gasteiger charge is -2.51. The maximum Gasteiger partial charge on any atom is 0.245 e. The smallest absolute Gasteiger partial charge is 0.245 e. The van der Waals surface area contributed by atoms with Crippen LogP contribution >= 0.6 is 11.6 Å². The summed E-state index contributed by atoms with van der Waals surface area (Å²) in [5, 5.41) is 24.7. The van der Waals surface area contributed by atoms with E-state index >= 15 is 0 Å². The highest BCUT2D eigenvalue weighted by Crippen LogP contribution is 2.46. The van der Waals surface area contributed by atoms with Crippen LogP contribution in [0.3, 0.4) is 0 Å². The number of likely N-dealkylation sites (tertiary alicyclic amines) is 1. The first-order valence-electron chi connectivity index (χ1n) is 10.8. The van der Waals surface area contributed by atoms with Crippen LogP contribution in [0.2, 0.25) is 5.02 Å². The van der Waals surface area contributed by atoms with Gasteiger partial charge in [0.1, 0.15) is 6.04 Å². The molecule has 0 unspecified atom stereocenters. The highest BCUT2D eigenvalue weighted by molar-refractivity contribution is 6.30. The van der Waals surface area contributed by atoms with Gasteiger partial charge in [-0.1, -0.05) is 44.5 Å². The summed E-state index contributed by atoms with van der Waals surface area (Å²) in [5.41, 5.74) is -0.851. The third-order valence-electron chi connectivity index (χ3n) is 6.88. The number of carbonyl (C=O) groups is 2. The Morgan fingerprint density at radius 1 is 1.27 bits per heavy atom. The highest BCUT2D eigenvalue weighted by atomic mass is 35.5. The molecule has 1 aromatic rings. The molecule has 1 heterocycles. The molecule has 3 rings (SSSR count). The number of halogens is 1. The molecule has 0 radical (unpaired) electrons. The molecule has 0 aromatic heterocycles. The van der Waals surface area contributed by atoms with Gasteiger partial charge in [-0.2, -0.15) is 0 Å². The fraction of sp³-hybridized carbons (Fsp3) is 0.652. The van der Waals surface area contributed by atoms with Gasteiger partial charge in [-0.25, -0.2) is 0 Å². The van der Waals surface area contributed by atoms with Gasteiger partial charge < -0.3 is 20.4 Å². The molecule has 1 saturated heterocycles. The summed E-state index contributed by atoms with van der Waals surface area (Å²) < 4.78 is 0. The van der Waals surface area contributed by atoms with E-state index in [1.807, 2.05) is 32.9 Å². The van der Waals surface area contributed by atoms with E-state index in [0.717, 1.165) is 5.56 Å². The quantitative estimate of drug-likeness (QED) is 0.662. The minimum Gasteiger partial charge on any atom is -0.393 e. The van der Waals surface area contributed by atoms with Crippen molar-refractivity contribution in [1.82, 2.24) is 10.2 Å². The van der Waals surface area contributed by atoms with E-state index in [9.17, 15) is 19.8 Å². The van der Waals surface area contributed by atoms with Gasteiger partial charge in [-0.15, -0.1) is 0 Å². The van der Waals surface area contributed by atoms with E-state index in [-0.39, 0.29) is 17.7 Å². The van der Waals surface area contributed by atoms with Gasteiger partial charge in [0.25, 0.3) is 0 Å². The summed E-state index contributed by atoms with van der Waals surface area (Å²) in [6.07, 6.45) is 2.23. The van der Waals surface area contributed by atoms with Crippen LogP contribution in [0.4, 0.5) is 0 Å². The molecular formula is C23H33ClN2O4. The molecule has 3 N–H and O–H groups in total. The van der Waals surface area contributed by atoms with Crippen LogP contribution in [-0.2, 0) is 15.2 Å². The van der Waals surface area contributed by atoms with Crippen molar-refractivity contribution in [3.63, 3.8) is 0 Å². The normalized spacial score (nSPS) is 29.5. The number of hydrogen-bond donors (Lipinski definition) is 3. The van der Waals surface area contributed by atoms with Gasteiger partial charge in [-0.3, -0.25) is 9.59 Å². The lowest BCUT2D eigenvalue weighted by molar-refractivity contribution is -0.156. The van der Waals surface area contributed by atoms with Gasteiger partial charge in [0, 0.05) is 29.4 Å². The Morgan fingerprint density at radius 3 is 2.47 bits per heavy atom. The molecule has 2 amide bonds. The van der Waals surface area contributed by atoms with E-state index in [1.165, 1.54) is 0 Å². The summed E-state index contributed by atoms with van der Waals surface area (Å²) >= 11 is 6.00. The van der Waals surface area contributed by atoms with Crippen LogP contribution in [0.15, 0.2) is 24.3 Å². The van der Waals surface area contributed by atoms with Crippen LogP contribution < -0.4 is 5.32 Å². The lowest BCUT2D eigenvalue weighted by Crippen LogP contribution is -2.59. The Bertz CT molecular complexity index is 782. The fourth-order valence-electron chi connectivity index (χ4n) is 4.82. The largest absolute Gasteiger partial charge is 0.393 e. The second-order valence-corrected chi connectivity index (χ2v) is 9.83. The number of aliphatic hydroxyl groups excluding tert-OH is 1. The maximum absolute atomic E-state index is 13.2. The molecule has 166 valence electrons. The minimum atomic E-state index is -1.07. The summed E-state index contributed by atoms with van der Waals surface area (Å²) in [6.45, 7) is 6.60. The number of hydrogen-bond acceptors (Lipinski definition) is 4. The second-order valence-electron chi connectivity index (χ2n) is 9.39. The Morgan fingerprint density at radius 2 is 1.93 bits per heavy atom. The van der Waals surface area contributed by atoms with E-state index < -0.39 is 23.2 Å². The molecule has 1 aliphatic carbocycles. The molecule has 4 atom stereocenters. The maximum atomic E-state index is 13.2. The molecule has 1 aliphatic heterocycles. The highest BCUT2D eigenvalue weighted by Gasteiger charge is 2.50. The van der Waals surface area contributed by atoms with Crippen LogP contribution in [0.1, 0.15) is 58.4 Å². The van der Waals surface area contributed by atoms with Crippen LogP contribution in [0.25, 0.3) is 0 Å². The molecule has 0 spiro atoms. The van der Waals surface area contributed by atoms with E-state index in [4.69, 9.17) is 11.6 Å². The first kappa shape index (κ1) is 23.0. The van der Waals surface area contributed by atoms with E-state index in [1.54, 1.807) is 17.0 Å². The van der Waals surface area contributed by atoms with Crippen molar-refractivity contribution in [2.75, 3.05) is 13.1 Å². The second kappa shape index (κ2) is 8.85. The fourth-order valence-corrected chi connectivity index (χ4v) is 4.94. The predicted molar refractivity (Wildman–Crippen MR) is 116 cm³/mol. The number of piperidine rings is 1. The molecule has 2 aliphatic rings. The third kappa shape index (κ3) is 4.51. The number of carbonyl (C=O) groups excluding carboxylic acids is 2. The van der Waals surface area contributed by atoms with Gasteiger partial charge in [0.2, 0.25) is 11.8 Å². The van der Waals surface area contributed by atoms with Crippen LogP contribution in [0, 0.1) is 11.3 Å². The monoisotopic (exact) mass is 436 g/mol. The molecule has 30 heavy (non-hydrogen) atoms. The standard InChI is InChI=1S/C23H33ClN2O4/c1-4-19(25-20(28)15-5-10-18(27)13-15)21(29)26-12-11-23(30,22(2,3)14-26)16-6-8-17(24)9-7-16/h6-9,15,18-19,27,30H,4-5,10-14H2,1-3H3,(H,25,28)/t15-,18+,19+,23-/m0/s1. The van der Waals surface area contributed by atoms with Crippen molar-refractivity contribution in [2.24, 2.45) is 11.3 Å². The van der Waals surface area contributed by atoms with Crippen molar-refractivity contribution in [2.45, 2.75) is 70.6 Å². The van der Waals surface area contributed by atoms with Crippen molar-refractivity contribution < 1.29 is 19.8 Å². The van der Waals surface area contributed by atoms with Crippen LogP contribution in [0.5, 0.6) is 0 Å². The van der Waals surface area contributed by atoms with Gasteiger partial charge >= 0.3 is 0 Å². The van der Waals surface area contributed by atoms with Crippen molar-refractivity contribution in [3.8, 4) is 0 Å². The molecule has 7 heteroatoms. The number of aliphatic hydroxyl groups is 2. The van der Waals surface area contributed by atoms with Gasteiger partial charge in [0.05, 0.1) is 11.7 Å². The average Bonchev–Trinajstić information content (AvgIpc) is 3.14. The predicted octanol–water partition coefficient (Wildman–Crippen LogP) is 2.84. The number of amides is 2. The summed E-state index contributed by atoms with van der Waals surface area (Å²) in [7, 11) is 0. The summed E-state index contributed by atoms with van der Waals surface area (Å²) in [4.78, 5) is 27.5. The zero-order valence-electron chi connectivity index (χ0n) is 18.0. The third-order valence-corrected chi connectivity index (χ3v) is 7.13. The molecular weight excluding hydrogens is 404 g/mol. The Hall–Kier alpha value is -1.63.